The molecule has 1 amide bonds. The van der Waals surface area contributed by atoms with Crippen molar-refractivity contribution in [3.8, 4) is 0 Å². The van der Waals surface area contributed by atoms with Crippen molar-refractivity contribution >= 4 is 23.5 Å². The van der Waals surface area contributed by atoms with Crippen LogP contribution in [-0.4, -0.2) is 52.6 Å². The smallest absolute Gasteiger partial charge is 0.273 e. The molecule has 2 rings (SSSR count). The minimum Gasteiger partial charge on any atom is -0.366 e. The average Bonchev–Trinajstić information content (AvgIpc) is 2.48. The van der Waals surface area contributed by atoms with Crippen molar-refractivity contribution < 1.29 is 4.79 Å². The van der Waals surface area contributed by atoms with Crippen LogP contribution in [0.2, 0.25) is 0 Å². The number of anilines is 1. The van der Waals surface area contributed by atoms with Gasteiger partial charge in [0.2, 0.25) is 0 Å². The van der Waals surface area contributed by atoms with Crippen molar-refractivity contribution in [1.82, 2.24) is 15.1 Å². The molecular formula is C14H22N4OS. The van der Waals surface area contributed by atoms with Gasteiger partial charge in [-0.05, 0) is 44.1 Å². The third kappa shape index (κ3) is 3.85. The first-order valence-electron chi connectivity index (χ1n) is 6.95. The average molecular weight is 294 g/mol. The number of thioether (sulfide) groups is 1. The summed E-state index contributed by atoms with van der Waals surface area (Å²) in [5.41, 5.74) is 0.381. The number of carbonyl (C=O) groups is 1. The molecule has 0 bridgehead atoms. The van der Waals surface area contributed by atoms with Crippen molar-refractivity contribution in [2.75, 3.05) is 25.7 Å². The molecule has 0 unspecified atom stereocenters. The first kappa shape index (κ1) is 15.1. The van der Waals surface area contributed by atoms with Crippen LogP contribution in [0.25, 0.3) is 0 Å². The molecule has 110 valence electrons. The Morgan fingerprint density at radius 3 is 2.45 bits per heavy atom. The molecule has 1 aromatic heterocycles. The highest BCUT2D eigenvalue weighted by Crippen LogP contribution is 2.28. The molecule has 1 aliphatic carbocycles. The van der Waals surface area contributed by atoms with Gasteiger partial charge in [-0.2, -0.15) is 11.8 Å². The summed E-state index contributed by atoms with van der Waals surface area (Å²) in [6.45, 7) is 0. The first-order valence-corrected chi connectivity index (χ1v) is 8.23. The monoisotopic (exact) mass is 294 g/mol. The summed E-state index contributed by atoms with van der Waals surface area (Å²) in [5, 5.41) is 12.3. The standard InChI is InChI=1S/C14H22N4OS/c1-18(2)14(19)12-8-9-13(17-16-12)15-10-4-6-11(20-3)7-5-10/h8-11H,4-7H2,1-3H3,(H,15,17). The lowest BCUT2D eigenvalue weighted by molar-refractivity contribution is 0.0821. The SMILES string of the molecule is CSC1CCC(Nc2ccc(C(=O)N(C)C)nn2)CC1. The maximum absolute atomic E-state index is 11.7. The third-order valence-corrected chi connectivity index (χ3v) is 4.79. The number of hydrogen-bond acceptors (Lipinski definition) is 5. The molecule has 0 spiro atoms. The van der Waals surface area contributed by atoms with Crippen LogP contribution in [-0.2, 0) is 0 Å². The Hall–Kier alpha value is -1.30. The lowest BCUT2D eigenvalue weighted by Crippen LogP contribution is -2.28. The highest BCUT2D eigenvalue weighted by Gasteiger charge is 2.20. The summed E-state index contributed by atoms with van der Waals surface area (Å²) < 4.78 is 0. The van der Waals surface area contributed by atoms with Crippen LogP contribution in [0.5, 0.6) is 0 Å². The molecule has 0 saturated heterocycles. The lowest BCUT2D eigenvalue weighted by Gasteiger charge is -2.28. The lowest BCUT2D eigenvalue weighted by atomic mass is 9.95. The van der Waals surface area contributed by atoms with Crippen molar-refractivity contribution in [2.45, 2.75) is 37.0 Å². The second kappa shape index (κ2) is 6.92. The van der Waals surface area contributed by atoms with E-state index in [0.717, 1.165) is 11.1 Å². The first-order chi connectivity index (χ1) is 9.60. The fourth-order valence-corrected chi connectivity index (χ4v) is 3.15. The van der Waals surface area contributed by atoms with Crippen LogP contribution < -0.4 is 5.32 Å². The molecule has 1 fully saturated rings. The van der Waals surface area contributed by atoms with Gasteiger partial charge in [0.15, 0.2) is 5.69 Å². The number of nitrogens with zero attached hydrogens (tertiary/aromatic N) is 3. The minimum absolute atomic E-state index is 0.121. The Labute approximate surface area is 124 Å². The Morgan fingerprint density at radius 2 is 1.95 bits per heavy atom. The van der Waals surface area contributed by atoms with Crippen molar-refractivity contribution in [3.05, 3.63) is 17.8 Å². The van der Waals surface area contributed by atoms with E-state index in [1.807, 2.05) is 17.8 Å². The second-order valence-electron chi connectivity index (χ2n) is 5.36. The van der Waals surface area contributed by atoms with Crippen molar-refractivity contribution in [3.63, 3.8) is 0 Å². The second-order valence-corrected chi connectivity index (χ2v) is 6.50. The van der Waals surface area contributed by atoms with E-state index < -0.39 is 0 Å². The molecule has 5 nitrogen and oxygen atoms in total. The van der Waals surface area contributed by atoms with Crippen LogP contribution in [0.3, 0.4) is 0 Å². The van der Waals surface area contributed by atoms with E-state index in [9.17, 15) is 4.79 Å². The summed E-state index contributed by atoms with van der Waals surface area (Å²) in [4.78, 5) is 13.2. The maximum Gasteiger partial charge on any atom is 0.273 e. The molecule has 1 aromatic rings. The van der Waals surface area contributed by atoms with Gasteiger partial charge in [-0.1, -0.05) is 0 Å². The third-order valence-electron chi connectivity index (χ3n) is 3.65. The van der Waals surface area contributed by atoms with Crippen molar-refractivity contribution in [1.29, 1.82) is 0 Å². The van der Waals surface area contributed by atoms with Gasteiger partial charge in [-0.15, -0.1) is 10.2 Å². The van der Waals surface area contributed by atoms with Gasteiger partial charge < -0.3 is 10.2 Å². The van der Waals surface area contributed by atoms with E-state index in [-0.39, 0.29) is 5.91 Å². The molecule has 1 N–H and O–H groups in total. The maximum atomic E-state index is 11.7. The van der Waals surface area contributed by atoms with Gasteiger partial charge in [0.05, 0.1) is 0 Å². The summed E-state index contributed by atoms with van der Waals surface area (Å²) in [6.07, 6.45) is 7.04. The van der Waals surface area contributed by atoms with E-state index in [0.29, 0.717) is 11.7 Å². The van der Waals surface area contributed by atoms with Crippen molar-refractivity contribution in [2.24, 2.45) is 0 Å². The molecule has 6 heteroatoms. The molecule has 1 saturated carbocycles. The zero-order chi connectivity index (χ0) is 14.5. The summed E-state index contributed by atoms with van der Waals surface area (Å²) >= 11 is 1.96. The normalized spacial score (nSPS) is 22.4. The number of hydrogen-bond donors (Lipinski definition) is 1. The predicted octanol–water partition coefficient (Wildman–Crippen LogP) is 2.26. The van der Waals surface area contributed by atoms with Crippen LogP contribution in [0.1, 0.15) is 36.2 Å². The van der Waals surface area contributed by atoms with Crippen LogP contribution in [0.4, 0.5) is 5.82 Å². The fourth-order valence-electron chi connectivity index (χ4n) is 2.40. The van der Waals surface area contributed by atoms with Crippen LogP contribution in [0.15, 0.2) is 12.1 Å². The van der Waals surface area contributed by atoms with Gasteiger partial charge in [0, 0.05) is 25.4 Å². The van der Waals surface area contributed by atoms with Crippen LogP contribution in [0, 0.1) is 0 Å². The number of carbonyl (C=O) groups excluding carboxylic acids is 1. The highest BCUT2D eigenvalue weighted by molar-refractivity contribution is 7.99. The van der Waals surface area contributed by atoms with Crippen LogP contribution >= 0.6 is 11.8 Å². The van der Waals surface area contributed by atoms with E-state index in [1.54, 1.807) is 20.2 Å². The quantitative estimate of drug-likeness (QED) is 0.923. The van der Waals surface area contributed by atoms with Gasteiger partial charge in [0.25, 0.3) is 5.91 Å². The molecule has 1 aliphatic rings. The molecule has 0 atom stereocenters. The Kier molecular flexibility index (Phi) is 5.23. The van der Waals surface area contributed by atoms with Gasteiger partial charge in [0.1, 0.15) is 5.82 Å². The fraction of sp³-hybridized carbons (Fsp3) is 0.643. The van der Waals surface area contributed by atoms with Gasteiger partial charge in [-0.25, -0.2) is 0 Å². The summed E-state index contributed by atoms with van der Waals surface area (Å²) in [5.74, 6) is 0.637. The van der Waals surface area contributed by atoms with E-state index in [4.69, 9.17) is 0 Å². The number of amides is 1. The largest absolute Gasteiger partial charge is 0.366 e. The number of aromatic nitrogens is 2. The Morgan fingerprint density at radius 1 is 1.25 bits per heavy atom. The molecule has 0 aliphatic heterocycles. The molecule has 0 radical (unpaired) electrons. The predicted molar refractivity (Wildman–Crippen MR) is 83.2 cm³/mol. The van der Waals surface area contributed by atoms with E-state index in [2.05, 4.69) is 21.8 Å². The topological polar surface area (TPSA) is 58.1 Å². The minimum atomic E-state index is -0.121. The number of nitrogens with one attached hydrogen (secondary N) is 1. The molecular weight excluding hydrogens is 272 g/mol. The van der Waals surface area contributed by atoms with E-state index >= 15 is 0 Å². The Balaban J connectivity index is 1.90. The zero-order valence-electron chi connectivity index (χ0n) is 12.3. The van der Waals surface area contributed by atoms with Gasteiger partial charge in [-0.3, -0.25) is 4.79 Å². The summed E-state index contributed by atoms with van der Waals surface area (Å²) in [7, 11) is 3.42. The highest BCUT2D eigenvalue weighted by atomic mass is 32.2. The number of rotatable bonds is 4. The zero-order valence-corrected chi connectivity index (χ0v) is 13.1. The molecule has 0 aromatic carbocycles. The van der Waals surface area contributed by atoms with Gasteiger partial charge >= 0.3 is 0 Å². The Bertz CT molecular complexity index is 441. The van der Waals surface area contributed by atoms with E-state index in [1.165, 1.54) is 30.6 Å². The molecule has 20 heavy (non-hydrogen) atoms. The molecule has 1 heterocycles. The summed E-state index contributed by atoms with van der Waals surface area (Å²) in [6, 6.07) is 4.04.